The van der Waals surface area contributed by atoms with Crippen molar-refractivity contribution in [3.05, 3.63) is 65.5 Å². The molecule has 6 heteroatoms. The molecule has 5 nitrogen and oxygen atoms in total. The van der Waals surface area contributed by atoms with Crippen LogP contribution < -0.4 is 4.74 Å². The number of rotatable bonds is 4. The van der Waals surface area contributed by atoms with Gasteiger partial charge in [-0.15, -0.1) is 0 Å². The first kappa shape index (κ1) is 17.9. The molecule has 1 fully saturated rings. The summed E-state index contributed by atoms with van der Waals surface area (Å²) in [5.41, 5.74) is 1.18. The normalized spacial score (nSPS) is 14.2. The zero-order chi connectivity index (χ0) is 18.5. The molecule has 0 spiro atoms. The second-order valence-electron chi connectivity index (χ2n) is 6.18. The lowest BCUT2D eigenvalue weighted by Gasteiger charge is -2.35. The Morgan fingerprint density at radius 2 is 1.65 bits per heavy atom. The number of hydrogen-bond acceptors (Lipinski definition) is 3. The van der Waals surface area contributed by atoms with Gasteiger partial charge < -0.3 is 14.5 Å². The first-order valence-electron chi connectivity index (χ1n) is 8.53. The van der Waals surface area contributed by atoms with Crippen molar-refractivity contribution in [2.24, 2.45) is 0 Å². The lowest BCUT2D eigenvalue weighted by Crippen LogP contribution is -2.51. The number of nitrogens with zero attached hydrogens (tertiary/aromatic N) is 2. The van der Waals surface area contributed by atoms with Gasteiger partial charge >= 0.3 is 0 Å². The Morgan fingerprint density at radius 1 is 1.00 bits per heavy atom. The molecule has 0 aliphatic carbocycles. The van der Waals surface area contributed by atoms with E-state index in [1.807, 2.05) is 30.3 Å². The van der Waals surface area contributed by atoms with Gasteiger partial charge in [0.25, 0.3) is 5.91 Å². The molecule has 3 rings (SSSR count). The number of ether oxygens (including phenoxy) is 1. The van der Waals surface area contributed by atoms with E-state index in [2.05, 4.69) is 0 Å². The van der Waals surface area contributed by atoms with Crippen LogP contribution in [0.1, 0.15) is 15.9 Å². The summed E-state index contributed by atoms with van der Waals surface area (Å²) < 4.78 is 18.7. The van der Waals surface area contributed by atoms with Crippen molar-refractivity contribution in [3.8, 4) is 5.75 Å². The third-order valence-electron chi connectivity index (χ3n) is 4.51. The predicted octanol–water partition coefficient (Wildman–Crippen LogP) is 2.36. The van der Waals surface area contributed by atoms with E-state index in [-0.39, 0.29) is 17.4 Å². The quantitative estimate of drug-likeness (QED) is 0.845. The molecule has 0 radical (unpaired) electrons. The van der Waals surface area contributed by atoms with Crippen LogP contribution in [-0.4, -0.2) is 54.9 Å². The molecule has 0 unspecified atom stereocenters. The van der Waals surface area contributed by atoms with Crippen LogP contribution in [0.3, 0.4) is 0 Å². The van der Waals surface area contributed by atoms with Gasteiger partial charge in [-0.3, -0.25) is 9.59 Å². The Hall–Kier alpha value is -2.89. The van der Waals surface area contributed by atoms with Crippen molar-refractivity contribution in [1.29, 1.82) is 0 Å². The van der Waals surface area contributed by atoms with Gasteiger partial charge in [-0.1, -0.05) is 30.3 Å². The van der Waals surface area contributed by atoms with Crippen LogP contribution in [0.2, 0.25) is 0 Å². The van der Waals surface area contributed by atoms with E-state index in [0.717, 1.165) is 5.56 Å². The molecule has 2 amide bonds. The standard InChI is InChI=1S/C20H21FN2O3/c1-26-18-8-7-16(21)14-17(18)20(25)23-11-9-22(10-12-23)19(24)13-15-5-3-2-4-6-15/h2-8,14H,9-13H2,1H3. The van der Waals surface area contributed by atoms with Crippen LogP contribution >= 0.6 is 0 Å². The van der Waals surface area contributed by atoms with E-state index in [9.17, 15) is 14.0 Å². The van der Waals surface area contributed by atoms with Gasteiger partial charge in [0.15, 0.2) is 0 Å². The number of amides is 2. The summed E-state index contributed by atoms with van der Waals surface area (Å²) in [5, 5.41) is 0. The minimum Gasteiger partial charge on any atom is -0.496 e. The van der Waals surface area contributed by atoms with Gasteiger partial charge in [0.1, 0.15) is 11.6 Å². The van der Waals surface area contributed by atoms with Crippen LogP contribution in [0.15, 0.2) is 48.5 Å². The topological polar surface area (TPSA) is 49.9 Å². The molecule has 2 aromatic carbocycles. The minimum absolute atomic E-state index is 0.0478. The zero-order valence-corrected chi connectivity index (χ0v) is 14.7. The van der Waals surface area contributed by atoms with Crippen LogP contribution in [0.5, 0.6) is 5.75 Å². The maximum absolute atomic E-state index is 13.5. The lowest BCUT2D eigenvalue weighted by molar-refractivity contribution is -0.131. The summed E-state index contributed by atoms with van der Waals surface area (Å²) in [7, 11) is 1.45. The number of carbonyl (C=O) groups excluding carboxylic acids is 2. The minimum atomic E-state index is -0.481. The molecule has 0 N–H and O–H groups in total. The van der Waals surface area contributed by atoms with E-state index in [0.29, 0.717) is 38.3 Å². The van der Waals surface area contributed by atoms with Gasteiger partial charge in [0.05, 0.1) is 19.1 Å². The maximum atomic E-state index is 13.5. The predicted molar refractivity (Wildman–Crippen MR) is 95.6 cm³/mol. The number of methoxy groups -OCH3 is 1. The van der Waals surface area contributed by atoms with Crippen molar-refractivity contribution in [2.45, 2.75) is 6.42 Å². The van der Waals surface area contributed by atoms with E-state index < -0.39 is 5.82 Å². The van der Waals surface area contributed by atoms with Crippen molar-refractivity contribution >= 4 is 11.8 Å². The highest BCUT2D eigenvalue weighted by Gasteiger charge is 2.26. The van der Waals surface area contributed by atoms with Crippen molar-refractivity contribution < 1.29 is 18.7 Å². The SMILES string of the molecule is COc1ccc(F)cc1C(=O)N1CCN(C(=O)Cc2ccccc2)CC1. The van der Waals surface area contributed by atoms with Gasteiger partial charge in [-0.25, -0.2) is 4.39 Å². The van der Waals surface area contributed by atoms with E-state index in [1.54, 1.807) is 9.80 Å². The van der Waals surface area contributed by atoms with Crippen molar-refractivity contribution in [3.63, 3.8) is 0 Å². The molecule has 1 heterocycles. The van der Waals surface area contributed by atoms with E-state index >= 15 is 0 Å². The molecule has 1 aliphatic heterocycles. The largest absolute Gasteiger partial charge is 0.496 e. The Bertz CT molecular complexity index is 787. The Morgan fingerprint density at radius 3 is 2.31 bits per heavy atom. The number of hydrogen-bond donors (Lipinski definition) is 0. The molecule has 1 saturated heterocycles. The number of piperazine rings is 1. The van der Waals surface area contributed by atoms with E-state index in [4.69, 9.17) is 4.74 Å². The highest BCUT2D eigenvalue weighted by molar-refractivity contribution is 5.97. The Kier molecular flexibility index (Phi) is 5.51. The fraction of sp³-hybridized carbons (Fsp3) is 0.300. The van der Waals surface area contributed by atoms with Crippen LogP contribution in [0.25, 0.3) is 0 Å². The molecule has 2 aromatic rings. The molecule has 0 bridgehead atoms. The molecule has 0 aromatic heterocycles. The second-order valence-corrected chi connectivity index (χ2v) is 6.18. The fourth-order valence-corrected chi connectivity index (χ4v) is 3.06. The molecule has 0 saturated carbocycles. The first-order valence-corrected chi connectivity index (χ1v) is 8.53. The lowest BCUT2D eigenvalue weighted by atomic mass is 10.1. The first-order chi connectivity index (χ1) is 12.6. The summed E-state index contributed by atoms with van der Waals surface area (Å²) in [5.74, 6) is -0.368. The summed E-state index contributed by atoms with van der Waals surface area (Å²) in [4.78, 5) is 28.5. The van der Waals surface area contributed by atoms with Gasteiger partial charge in [-0.05, 0) is 23.8 Å². The molecule has 136 valence electrons. The Labute approximate surface area is 152 Å². The third kappa shape index (κ3) is 4.02. The van der Waals surface area contributed by atoms with E-state index in [1.165, 1.54) is 25.3 Å². The van der Waals surface area contributed by atoms with Gasteiger partial charge in [-0.2, -0.15) is 0 Å². The Balaban J connectivity index is 1.60. The summed E-state index contributed by atoms with van der Waals surface area (Å²) in [6.45, 7) is 1.77. The summed E-state index contributed by atoms with van der Waals surface area (Å²) >= 11 is 0. The van der Waals surface area contributed by atoms with Gasteiger partial charge in [0, 0.05) is 26.2 Å². The monoisotopic (exact) mass is 356 g/mol. The molecule has 1 aliphatic rings. The molecule has 0 atom stereocenters. The highest BCUT2D eigenvalue weighted by atomic mass is 19.1. The smallest absolute Gasteiger partial charge is 0.257 e. The maximum Gasteiger partial charge on any atom is 0.257 e. The summed E-state index contributed by atoms with van der Waals surface area (Å²) in [6, 6.07) is 13.5. The summed E-state index contributed by atoms with van der Waals surface area (Å²) in [6.07, 6.45) is 0.354. The average molecular weight is 356 g/mol. The van der Waals surface area contributed by atoms with Gasteiger partial charge in [0.2, 0.25) is 5.91 Å². The van der Waals surface area contributed by atoms with Crippen LogP contribution in [-0.2, 0) is 11.2 Å². The zero-order valence-electron chi connectivity index (χ0n) is 14.7. The van der Waals surface area contributed by atoms with Crippen LogP contribution in [0.4, 0.5) is 4.39 Å². The van der Waals surface area contributed by atoms with Crippen LogP contribution in [0, 0.1) is 5.82 Å². The van der Waals surface area contributed by atoms with Crippen molar-refractivity contribution in [2.75, 3.05) is 33.3 Å². The third-order valence-corrected chi connectivity index (χ3v) is 4.51. The molecule has 26 heavy (non-hydrogen) atoms. The second kappa shape index (κ2) is 7.99. The number of halogens is 1. The number of carbonyl (C=O) groups is 2. The highest BCUT2D eigenvalue weighted by Crippen LogP contribution is 2.22. The number of benzene rings is 2. The molecular formula is C20H21FN2O3. The van der Waals surface area contributed by atoms with Crippen molar-refractivity contribution in [1.82, 2.24) is 9.80 Å². The molecular weight excluding hydrogens is 335 g/mol. The average Bonchev–Trinajstić information content (AvgIpc) is 2.68. The fourth-order valence-electron chi connectivity index (χ4n) is 3.06.